The average molecular weight is 415 g/mol. The molecule has 0 aliphatic carbocycles. The number of hydrogen-bond acceptors (Lipinski definition) is 5. The van der Waals surface area contributed by atoms with Crippen LogP contribution in [-0.2, 0) is 19.6 Å². The quantitative estimate of drug-likeness (QED) is 0.653. The molecule has 1 heterocycles. The van der Waals surface area contributed by atoms with Crippen molar-refractivity contribution in [2.24, 2.45) is 0 Å². The van der Waals surface area contributed by atoms with Gasteiger partial charge in [0.2, 0.25) is 21.8 Å². The fourth-order valence-electron chi connectivity index (χ4n) is 2.84. The standard InChI is InChI=1S/C18H27FN4O4S/c1-3-8-20-17(24)13-22-9-11-23(12-10-22)18(25)14-21(2)28(26,27)16-6-4-15(19)5-7-16/h4-7H,3,8-14H2,1-2H3,(H,20,24). The summed E-state index contributed by atoms with van der Waals surface area (Å²) in [7, 11) is -2.54. The lowest BCUT2D eigenvalue weighted by molar-refractivity contribution is -0.133. The molecule has 0 atom stereocenters. The summed E-state index contributed by atoms with van der Waals surface area (Å²) < 4.78 is 39.0. The van der Waals surface area contributed by atoms with Crippen molar-refractivity contribution in [1.82, 2.24) is 19.4 Å². The number of amides is 2. The number of nitrogens with one attached hydrogen (secondary N) is 1. The van der Waals surface area contributed by atoms with Gasteiger partial charge in [-0.25, -0.2) is 12.8 Å². The van der Waals surface area contributed by atoms with E-state index in [4.69, 9.17) is 0 Å². The van der Waals surface area contributed by atoms with Crippen molar-refractivity contribution < 1.29 is 22.4 Å². The maximum Gasteiger partial charge on any atom is 0.243 e. The third-order valence-corrected chi connectivity index (χ3v) is 6.36. The highest BCUT2D eigenvalue weighted by Gasteiger charge is 2.27. The Bertz CT molecular complexity index is 777. The number of carbonyl (C=O) groups is 2. The van der Waals surface area contributed by atoms with Gasteiger partial charge in [-0.05, 0) is 30.7 Å². The predicted molar refractivity (Wildman–Crippen MR) is 103 cm³/mol. The summed E-state index contributed by atoms with van der Waals surface area (Å²) in [4.78, 5) is 27.7. The van der Waals surface area contributed by atoms with Crippen molar-refractivity contribution in [3.8, 4) is 0 Å². The second kappa shape index (κ2) is 9.94. The fourth-order valence-corrected chi connectivity index (χ4v) is 3.96. The number of benzene rings is 1. The van der Waals surface area contributed by atoms with Crippen LogP contribution in [0.3, 0.4) is 0 Å². The summed E-state index contributed by atoms with van der Waals surface area (Å²) in [6.45, 7) is 4.61. The minimum atomic E-state index is -3.87. The maximum atomic E-state index is 13.0. The number of likely N-dealkylation sites (N-methyl/N-ethyl adjacent to an activating group) is 1. The molecule has 1 aromatic carbocycles. The molecule has 1 aromatic rings. The molecule has 28 heavy (non-hydrogen) atoms. The van der Waals surface area contributed by atoms with E-state index < -0.39 is 15.8 Å². The Kier molecular flexibility index (Phi) is 7.90. The second-order valence-corrected chi connectivity index (χ2v) is 8.77. The van der Waals surface area contributed by atoms with Crippen molar-refractivity contribution in [3.63, 3.8) is 0 Å². The predicted octanol–water partition coefficient (Wildman–Crippen LogP) is 0.117. The maximum absolute atomic E-state index is 13.0. The molecule has 2 amide bonds. The van der Waals surface area contributed by atoms with E-state index in [-0.39, 0.29) is 23.3 Å². The van der Waals surface area contributed by atoms with Crippen LogP contribution in [0.2, 0.25) is 0 Å². The summed E-state index contributed by atoms with van der Waals surface area (Å²) in [6.07, 6.45) is 0.877. The van der Waals surface area contributed by atoms with E-state index in [2.05, 4.69) is 5.32 Å². The van der Waals surface area contributed by atoms with Gasteiger partial charge in [-0.15, -0.1) is 0 Å². The van der Waals surface area contributed by atoms with E-state index in [9.17, 15) is 22.4 Å². The van der Waals surface area contributed by atoms with Gasteiger partial charge in [0.25, 0.3) is 0 Å². The van der Waals surface area contributed by atoms with E-state index in [1.165, 1.54) is 19.2 Å². The lowest BCUT2D eigenvalue weighted by atomic mass is 10.3. The SMILES string of the molecule is CCCNC(=O)CN1CCN(C(=O)CN(C)S(=O)(=O)c2ccc(F)cc2)CC1. The minimum absolute atomic E-state index is 0.0354. The zero-order chi connectivity index (χ0) is 20.7. The van der Waals surface area contributed by atoms with Gasteiger partial charge in [0, 0.05) is 39.8 Å². The van der Waals surface area contributed by atoms with E-state index >= 15 is 0 Å². The van der Waals surface area contributed by atoms with E-state index in [1.807, 2.05) is 11.8 Å². The molecule has 0 saturated carbocycles. The summed E-state index contributed by atoms with van der Waals surface area (Å²) in [5.41, 5.74) is 0. The molecule has 0 unspecified atom stereocenters. The van der Waals surface area contributed by atoms with Crippen LogP contribution < -0.4 is 5.32 Å². The number of piperazine rings is 1. The van der Waals surface area contributed by atoms with Crippen LogP contribution in [0.5, 0.6) is 0 Å². The highest BCUT2D eigenvalue weighted by Crippen LogP contribution is 2.15. The lowest BCUT2D eigenvalue weighted by Gasteiger charge is -2.35. The Morgan fingerprint density at radius 3 is 2.32 bits per heavy atom. The van der Waals surface area contributed by atoms with Crippen molar-refractivity contribution in [1.29, 1.82) is 0 Å². The Morgan fingerprint density at radius 1 is 1.14 bits per heavy atom. The molecule has 1 saturated heterocycles. The molecule has 0 bridgehead atoms. The van der Waals surface area contributed by atoms with Gasteiger partial charge in [-0.3, -0.25) is 14.5 Å². The molecule has 2 rings (SSSR count). The van der Waals surface area contributed by atoms with Gasteiger partial charge in [-0.1, -0.05) is 6.92 Å². The zero-order valence-corrected chi connectivity index (χ0v) is 17.0. The van der Waals surface area contributed by atoms with Crippen molar-refractivity contribution >= 4 is 21.8 Å². The highest BCUT2D eigenvalue weighted by atomic mass is 32.2. The third kappa shape index (κ3) is 5.98. The monoisotopic (exact) mass is 414 g/mol. The van der Waals surface area contributed by atoms with Crippen molar-refractivity contribution in [2.75, 3.05) is 52.9 Å². The van der Waals surface area contributed by atoms with Gasteiger partial charge in [-0.2, -0.15) is 4.31 Å². The molecule has 1 aliphatic rings. The highest BCUT2D eigenvalue weighted by molar-refractivity contribution is 7.89. The van der Waals surface area contributed by atoms with Crippen LogP contribution in [0.1, 0.15) is 13.3 Å². The van der Waals surface area contributed by atoms with Gasteiger partial charge < -0.3 is 10.2 Å². The first-order valence-electron chi connectivity index (χ1n) is 9.22. The summed E-state index contributed by atoms with van der Waals surface area (Å²) >= 11 is 0. The van der Waals surface area contributed by atoms with Crippen LogP contribution in [0, 0.1) is 5.82 Å². The molecule has 1 fully saturated rings. The number of hydrogen-bond donors (Lipinski definition) is 1. The Hall–Kier alpha value is -2.04. The first kappa shape index (κ1) is 22.3. The van der Waals surface area contributed by atoms with Crippen LogP contribution in [-0.4, -0.2) is 87.2 Å². The van der Waals surface area contributed by atoms with E-state index in [1.54, 1.807) is 4.90 Å². The Labute approximate surface area is 165 Å². The summed E-state index contributed by atoms with van der Waals surface area (Å²) in [6, 6.07) is 4.48. The average Bonchev–Trinajstić information content (AvgIpc) is 2.67. The normalized spacial score (nSPS) is 15.6. The second-order valence-electron chi connectivity index (χ2n) is 6.72. The number of rotatable bonds is 8. The van der Waals surface area contributed by atoms with E-state index in [0.717, 1.165) is 22.9 Å². The van der Waals surface area contributed by atoms with Gasteiger partial charge >= 0.3 is 0 Å². The van der Waals surface area contributed by atoms with Gasteiger partial charge in [0.15, 0.2) is 0 Å². The molecule has 156 valence electrons. The first-order valence-corrected chi connectivity index (χ1v) is 10.7. The van der Waals surface area contributed by atoms with Crippen LogP contribution in [0.15, 0.2) is 29.2 Å². The van der Waals surface area contributed by atoms with Crippen LogP contribution in [0.4, 0.5) is 4.39 Å². The Balaban J connectivity index is 1.85. The minimum Gasteiger partial charge on any atom is -0.355 e. The smallest absolute Gasteiger partial charge is 0.243 e. The summed E-state index contributed by atoms with van der Waals surface area (Å²) in [5, 5.41) is 2.82. The van der Waals surface area contributed by atoms with E-state index in [0.29, 0.717) is 39.3 Å². The van der Waals surface area contributed by atoms with Gasteiger partial charge in [0.05, 0.1) is 18.0 Å². The fraction of sp³-hybridized carbons (Fsp3) is 0.556. The molecule has 8 nitrogen and oxygen atoms in total. The first-order chi connectivity index (χ1) is 13.2. The summed E-state index contributed by atoms with van der Waals surface area (Å²) in [5.74, 6) is -0.867. The number of nitrogens with zero attached hydrogens (tertiary/aromatic N) is 3. The zero-order valence-electron chi connectivity index (χ0n) is 16.2. The molecule has 0 spiro atoms. The van der Waals surface area contributed by atoms with Crippen molar-refractivity contribution in [2.45, 2.75) is 18.2 Å². The largest absolute Gasteiger partial charge is 0.355 e. The Morgan fingerprint density at radius 2 is 1.75 bits per heavy atom. The molecule has 10 heteroatoms. The molecule has 0 aromatic heterocycles. The number of halogens is 1. The molecular weight excluding hydrogens is 387 g/mol. The van der Waals surface area contributed by atoms with Gasteiger partial charge in [0.1, 0.15) is 5.82 Å². The molecule has 0 radical (unpaired) electrons. The van der Waals surface area contributed by atoms with Crippen LogP contribution >= 0.6 is 0 Å². The topological polar surface area (TPSA) is 90.0 Å². The van der Waals surface area contributed by atoms with Crippen LogP contribution in [0.25, 0.3) is 0 Å². The lowest BCUT2D eigenvalue weighted by Crippen LogP contribution is -2.53. The molecule has 1 N–H and O–H groups in total. The van der Waals surface area contributed by atoms with Crippen molar-refractivity contribution in [3.05, 3.63) is 30.1 Å². The number of sulfonamides is 1. The molecule has 1 aliphatic heterocycles. The third-order valence-electron chi connectivity index (χ3n) is 4.54. The molecular formula is C18H27FN4O4S. The number of carbonyl (C=O) groups excluding carboxylic acids is 2.